The van der Waals surface area contributed by atoms with Crippen LogP contribution in [0.3, 0.4) is 0 Å². The maximum Gasteiger partial charge on any atom is 0.317 e. The van der Waals surface area contributed by atoms with Crippen LogP contribution in [0.2, 0.25) is 5.28 Å². The summed E-state index contributed by atoms with van der Waals surface area (Å²) in [5.74, 6) is 0.807. The molecular formula is C10H14ClN5O. The molecule has 92 valence electrons. The van der Waals surface area contributed by atoms with Crippen LogP contribution in [-0.4, -0.2) is 54.1 Å². The summed E-state index contributed by atoms with van der Waals surface area (Å²) >= 11 is 5.74. The average molecular weight is 256 g/mol. The van der Waals surface area contributed by atoms with Crippen molar-refractivity contribution in [2.45, 2.75) is 0 Å². The van der Waals surface area contributed by atoms with Crippen LogP contribution >= 0.6 is 11.6 Å². The second-order valence-electron chi connectivity index (χ2n) is 3.71. The maximum atomic E-state index is 11.4. The number of carbonyl (C=O) groups excluding carboxylic acids is 1. The molecule has 1 saturated heterocycles. The fourth-order valence-corrected chi connectivity index (χ4v) is 1.94. The van der Waals surface area contributed by atoms with E-state index in [1.54, 1.807) is 18.1 Å². The first-order valence-electron chi connectivity index (χ1n) is 5.41. The quantitative estimate of drug-likeness (QED) is 0.747. The van der Waals surface area contributed by atoms with E-state index in [2.05, 4.69) is 20.2 Å². The number of hydrogen-bond acceptors (Lipinski definition) is 4. The smallest absolute Gasteiger partial charge is 0.317 e. The first-order chi connectivity index (χ1) is 8.20. The summed E-state index contributed by atoms with van der Waals surface area (Å²) in [6.07, 6.45) is 1.63. The van der Waals surface area contributed by atoms with Crippen LogP contribution in [0.15, 0.2) is 12.3 Å². The molecule has 0 radical (unpaired) electrons. The largest absolute Gasteiger partial charge is 0.353 e. The van der Waals surface area contributed by atoms with Gasteiger partial charge in [-0.3, -0.25) is 0 Å². The van der Waals surface area contributed by atoms with Crippen molar-refractivity contribution >= 4 is 23.4 Å². The Kier molecular flexibility index (Phi) is 3.63. The molecule has 1 N–H and O–H groups in total. The number of hydrogen-bond donors (Lipinski definition) is 1. The molecule has 1 fully saturated rings. The molecular weight excluding hydrogens is 242 g/mol. The number of nitrogens with one attached hydrogen (secondary N) is 1. The molecule has 0 atom stereocenters. The van der Waals surface area contributed by atoms with Gasteiger partial charge in [0.15, 0.2) is 0 Å². The van der Waals surface area contributed by atoms with Crippen molar-refractivity contribution in [1.29, 1.82) is 0 Å². The van der Waals surface area contributed by atoms with E-state index in [1.807, 2.05) is 6.07 Å². The summed E-state index contributed by atoms with van der Waals surface area (Å²) in [5, 5.41) is 2.87. The van der Waals surface area contributed by atoms with Crippen LogP contribution in [0, 0.1) is 0 Å². The molecule has 0 aromatic carbocycles. The van der Waals surface area contributed by atoms with Crippen molar-refractivity contribution in [3.05, 3.63) is 17.5 Å². The Balaban J connectivity index is 1.97. The van der Waals surface area contributed by atoms with Crippen LogP contribution in [0.1, 0.15) is 0 Å². The van der Waals surface area contributed by atoms with Crippen molar-refractivity contribution in [3.63, 3.8) is 0 Å². The third-order valence-corrected chi connectivity index (χ3v) is 2.90. The fraction of sp³-hybridized carbons (Fsp3) is 0.500. The highest BCUT2D eigenvalue weighted by atomic mass is 35.5. The molecule has 0 unspecified atom stereocenters. The normalized spacial score (nSPS) is 15.9. The summed E-state index contributed by atoms with van der Waals surface area (Å²) in [7, 11) is 1.64. The van der Waals surface area contributed by atoms with E-state index >= 15 is 0 Å². The zero-order chi connectivity index (χ0) is 12.3. The van der Waals surface area contributed by atoms with Crippen LogP contribution in [0.5, 0.6) is 0 Å². The zero-order valence-electron chi connectivity index (χ0n) is 9.56. The second-order valence-corrected chi connectivity index (χ2v) is 4.05. The molecule has 1 aliphatic rings. The summed E-state index contributed by atoms with van der Waals surface area (Å²) in [6.45, 7) is 2.87. The van der Waals surface area contributed by atoms with Gasteiger partial charge < -0.3 is 15.1 Å². The van der Waals surface area contributed by atoms with E-state index in [0.717, 1.165) is 18.9 Å². The number of piperazine rings is 1. The van der Waals surface area contributed by atoms with Gasteiger partial charge in [-0.1, -0.05) is 0 Å². The predicted octanol–water partition coefficient (Wildman–Crippen LogP) is 0.591. The number of carbonyl (C=O) groups is 1. The molecule has 17 heavy (non-hydrogen) atoms. The van der Waals surface area contributed by atoms with Gasteiger partial charge in [0, 0.05) is 39.4 Å². The van der Waals surface area contributed by atoms with Crippen molar-refractivity contribution in [2.24, 2.45) is 0 Å². The van der Waals surface area contributed by atoms with Crippen LogP contribution in [-0.2, 0) is 0 Å². The monoisotopic (exact) mass is 255 g/mol. The highest BCUT2D eigenvalue weighted by molar-refractivity contribution is 6.28. The lowest BCUT2D eigenvalue weighted by Gasteiger charge is -2.35. The lowest BCUT2D eigenvalue weighted by Crippen LogP contribution is -2.51. The second kappa shape index (κ2) is 5.18. The summed E-state index contributed by atoms with van der Waals surface area (Å²) in [4.78, 5) is 23.3. The molecule has 2 heterocycles. The number of rotatable bonds is 1. The SMILES string of the molecule is CNC(=O)N1CCN(c2ccnc(Cl)n2)CC1. The van der Waals surface area contributed by atoms with Gasteiger partial charge in [-0.2, -0.15) is 0 Å². The molecule has 7 heteroatoms. The Morgan fingerprint density at radius 2 is 2.12 bits per heavy atom. The van der Waals surface area contributed by atoms with Crippen molar-refractivity contribution < 1.29 is 4.79 Å². The predicted molar refractivity (Wildman–Crippen MR) is 65.3 cm³/mol. The summed E-state index contributed by atoms with van der Waals surface area (Å²) < 4.78 is 0. The van der Waals surface area contributed by atoms with Gasteiger partial charge in [0.2, 0.25) is 5.28 Å². The van der Waals surface area contributed by atoms with E-state index < -0.39 is 0 Å². The Bertz CT molecular complexity index is 405. The Hall–Kier alpha value is -1.56. The average Bonchev–Trinajstić information content (AvgIpc) is 2.38. The van der Waals surface area contributed by atoms with Gasteiger partial charge >= 0.3 is 6.03 Å². The Labute approximate surface area is 105 Å². The van der Waals surface area contributed by atoms with E-state index in [9.17, 15) is 4.79 Å². The van der Waals surface area contributed by atoms with Crippen molar-refractivity contribution in [1.82, 2.24) is 20.2 Å². The molecule has 0 spiro atoms. The lowest BCUT2D eigenvalue weighted by atomic mass is 10.3. The van der Waals surface area contributed by atoms with Gasteiger partial charge in [0.05, 0.1) is 0 Å². The third-order valence-electron chi connectivity index (χ3n) is 2.72. The number of urea groups is 1. The minimum Gasteiger partial charge on any atom is -0.353 e. The minimum absolute atomic E-state index is 0.0367. The van der Waals surface area contributed by atoms with Gasteiger partial charge in [0.1, 0.15) is 5.82 Å². The number of amides is 2. The zero-order valence-corrected chi connectivity index (χ0v) is 10.3. The molecule has 0 saturated carbocycles. The molecule has 1 aromatic rings. The molecule has 1 aliphatic heterocycles. The first kappa shape index (κ1) is 11.9. The van der Waals surface area contributed by atoms with E-state index in [1.165, 1.54) is 0 Å². The van der Waals surface area contributed by atoms with Gasteiger partial charge in [-0.15, -0.1) is 0 Å². The van der Waals surface area contributed by atoms with Crippen LogP contribution in [0.25, 0.3) is 0 Å². The molecule has 0 aliphatic carbocycles. The van der Waals surface area contributed by atoms with Crippen molar-refractivity contribution in [3.8, 4) is 0 Å². The summed E-state index contributed by atoms with van der Waals surface area (Å²) in [5.41, 5.74) is 0. The van der Waals surface area contributed by atoms with Gasteiger partial charge in [0.25, 0.3) is 0 Å². The van der Waals surface area contributed by atoms with Crippen molar-refractivity contribution in [2.75, 3.05) is 38.1 Å². The number of aromatic nitrogens is 2. The number of nitrogens with zero attached hydrogens (tertiary/aromatic N) is 4. The van der Waals surface area contributed by atoms with Crippen LogP contribution < -0.4 is 10.2 Å². The molecule has 0 bridgehead atoms. The van der Waals surface area contributed by atoms with E-state index in [-0.39, 0.29) is 11.3 Å². The standard InChI is InChI=1S/C10H14ClN5O/c1-12-10(17)16-6-4-15(5-7-16)8-2-3-13-9(11)14-8/h2-3H,4-7H2,1H3,(H,12,17). The topological polar surface area (TPSA) is 61.4 Å². The van der Waals surface area contributed by atoms with Gasteiger partial charge in [-0.25, -0.2) is 14.8 Å². The van der Waals surface area contributed by atoms with E-state index in [0.29, 0.717) is 13.1 Å². The van der Waals surface area contributed by atoms with E-state index in [4.69, 9.17) is 11.6 Å². The summed E-state index contributed by atoms with van der Waals surface area (Å²) in [6, 6.07) is 1.78. The first-order valence-corrected chi connectivity index (χ1v) is 5.78. The van der Waals surface area contributed by atoms with Crippen LogP contribution in [0.4, 0.5) is 10.6 Å². The highest BCUT2D eigenvalue weighted by Gasteiger charge is 2.21. The molecule has 6 nitrogen and oxygen atoms in total. The molecule has 1 aromatic heterocycles. The number of halogens is 1. The molecule has 2 amide bonds. The Morgan fingerprint density at radius 3 is 2.71 bits per heavy atom. The maximum absolute atomic E-state index is 11.4. The Morgan fingerprint density at radius 1 is 1.41 bits per heavy atom. The minimum atomic E-state index is -0.0367. The lowest BCUT2D eigenvalue weighted by molar-refractivity contribution is 0.196. The fourth-order valence-electron chi connectivity index (χ4n) is 1.80. The van der Waals surface area contributed by atoms with Gasteiger partial charge in [-0.05, 0) is 17.7 Å². The highest BCUT2D eigenvalue weighted by Crippen LogP contribution is 2.14. The molecule has 2 rings (SSSR count). The number of anilines is 1. The third kappa shape index (κ3) is 2.76.